The van der Waals surface area contributed by atoms with Crippen molar-refractivity contribution >= 4 is 28.9 Å². The molecule has 4 aromatic rings. The number of anilines is 3. The Kier molecular flexibility index (Phi) is 5.47. The fraction of sp³-hybridized carbons (Fsp3) is 0.182. The maximum absolute atomic E-state index is 5.79. The molecule has 0 aliphatic carbocycles. The molecule has 3 heterocycles. The molecule has 0 spiro atoms. The summed E-state index contributed by atoms with van der Waals surface area (Å²) in [4.78, 5) is 15.3. The van der Waals surface area contributed by atoms with Crippen LogP contribution in [0.1, 0.15) is 0 Å². The second kappa shape index (κ2) is 8.71. The third-order valence-corrected chi connectivity index (χ3v) is 5.20. The van der Waals surface area contributed by atoms with Crippen LogP contribution in [-0.4, -0.2) is 51.0 Å². The van der Waals surface area contributed by atoms with Gasteiger partial charge in [0.1, 0.15) is 6.33 Å². The minimum atomic E-state index is 0.213. The molecule has 0 saturated carbocycles. The highest BCUT2D eigenvalue weighted by Gasteiger charge is 2.12. The van der Waals surface area contributed by atoms with Gasteiger partial charge >= 0.3 is 0 Å². The quantitative estimate of drug-likeness (QED) is 0.510. The molecule has 1 fully saturated rings. The Balaban J connectivity index is 1.33. The van der Waals surface area contributed by atoms with Gasteiger partial charge in [-0.3, -0.25) is 0 Å². The van der Waals surface area contributed by atoms with Crippen LogP contribution in [0.2, 0.25) is 5.28 Å². The molecule has 5 rings (SSSR count). The topological polar surface area (TPSA) is 81.0 Å². The summed E-state index contributed by atoms with van der Waals surface area (Å²) >= 11 is 5.79. The molecule has 1 aliphatic rings. The Bertz CT molecular complexity index is 1170. The summed E-state index contributed by atoms with van der Waals surface area (Å²) in [5.74, 6) is 0.533. The van der Waals surface area contributed by atoms with Gasteiger partial charge in [0.15, 0.2) is 0 Å². The Morgan fingerprint density at radius 3 is 2.55 bits per heavy atom. The third kappa shape index (κ3) is 4.50. The number of rotatable bonds is 5. The lowest BCUT2D eigenvalue weighted by Gasteiger charge is -2.29. The van der Waals surface area contributed by atoms with Gasteiger partial charge in [0.2, 0.25) is 11.2 Å². The molecule has 1 aliphatic heterocycles. The summed E-state index contributed by atoms with van der Waals surface area (Å²) in [5.41, 5.74) is 4.82. The van der Waals surface area contributed by atoms with Crippen LogP contribution in [0.3, 0.4) is 0 Å². The molecule has 9 heteroatoms. The van der Waals surface area contributed by atoms with Crippen LogP contribution in [0, 0.1) is 0 Å². The van der Waals surface area contributed by atoms with Crippen molar-refractivity contribution in [1.82, 2.24) is 24.7 Å². The summed E-state index contributed by atoms with van der Waals surface area (Å²) in [7, 11) is 0. The summed E-state index contributed by atoms with van der Waals surface area (Å²) in [6.45, 7) is 3.32. The monoisotopic (exact) mass is 433 g/mol. The number of nitrogens with zero attached hydrogens (tertiary/aromatic N) is 6. The molecule has 8 nitrogen and oxygen atoms in total. The van der Waals surface area contributed by atoms with Crippen LogP contribution in [-0.2, 0) is 4.74 Å². The second-order valence-corrected chi connectivity index (χ2v) is 7.38. The molecule has 0 amide bonds. The van der Waals surface area contributed by atoms with Gasteiger partial charge in [-0.25, -0.2) is 19.6 Å². The molecule has 1 saturated heterocycles. The summed E-state index contributed by atoms with van der Waals surface area (Å²) in [6, 6.07) is 18.0. The van der Waals surface area contributed by atoms with Gasteiger partial charge < -0.3 is 15.0 Å². The summed E-state index contributed by atoms with van der Waals surface area (Å²) < 4.78 is 7.07. The first kappa shape index (κ1) is 19.5. The number of hydrogen-bond acceptors (Lipinski definition) is 7. The smallest absolute Gasteiger partial charge is 0.242 e. The molecule has 1 N–H and O–H groups in total. The van der Waals surface area contributed by atoms with Crippen LogP contribution in [0.4, 0.5) is 17.3 Å². The van der Waals surface area contributed by atoms with Crippen LogP contribution in [0.25, 0.3) is 16.9 Å². The van der Waals surface area contributed by atoms with Crippen molar-refractivity contribution in [1.29, 1.82) is 0 Å². The van der Waals surface area contributed by atoms with Crippen LogP contribution in [0.15, 0.2) is 67.1 Å². The standard InChI is InChI=1S/C22H20ClN7O/c23-21-25-15-30(28-21)18-6-4-17(5-7-18)26-22-24-9-8-20(27-22)16-2-1-3-19(14-16)29-10-12-31-13-11-29/h1-9,14-15H,10-13H2,(H,24,26,27). The number of ether oxygens (including phenoxy) is 1. The summed E-state index contributed by atoms with van der Waals surface area (Å²) in [5, 5.41) is 7.56. The fourth-order valence-electron chi connectivity index (χ4n) is 3.46. The first-order chi connectivity index (χ1) is 15.2. The zero-order valence-corrected chi connectivity index (χ0v) is 17.4. The van der Waals surface area contributed by atoms with Crippen molar-refractivity contribution < 1.29 is 4.74 Å². The first-order valence-corrected chi connectivity index (χ1v) is 10.3. The normalized spacial score (nSPS) is 13.9. The Labute approximate surface area is 184 Å². The van der Waals surface area contributed by atoms with Gasteiger partial charge in [-0.15, -0.1) is 5.10 Å². The zero-order valence-electron chi connectivity index (χ0n) is 16.6. The number of aromatic nitrogens is 5. The molecule has 2 aromatic carbocycles. The lowest BCUT2D eigenvalue weighted by atomic mass is 10.1. The van der Waals surface area contributed by atoms with Gasteiger partial charge in [0.05, 0.1) is 24.6 Å². The summed E-state index contributed by atoms with van der Waals surface area (Å²) in [6.07, 6.45) is 3.33. The van der Waals surface area contributed by atoms with Gasteiger partial charge in [-0.1, -0.05) is 12.1 Å². The van der Waals surface area contributed by atoms with Gasteiger partial charge in [-0.2, -0.15) is 0 Å². The van der Waals surface area contributed by atoms with Crippen LogP contribution < -0.4 is 10.2 Å². The van der Waals surface area contributed by atoms with Crippen molar-refractivity contribution in [2.24, 2.45) is 0 Å². The molecule has 0 unspecified atom stereocenters. The molecule has 0 atom stereocenters. The van der Waals surface area contributed by atoms with E-state index in [0.29, 0.717) is 5.95 Å². The van der Waals surface area contributed by atoms with Crippen molar-refractivity contribution in [3.05, 3.63) is 72.4 Å². The number of benzene rings is 2. The SMILES string of the molecule is Clc1ncn(-c2ccc(Nc3nccc(-c4cccc(N5CCOCC5)c4)n3)cc2)n1. The number of halogens is 1. The average molecular weight is 434 g/mol. The number of nitrogens with one attached hydrogen (secondary N) is 1. The van der Waals surface area contributed by atoms with Crippen molar-refractivity contribution in [2.45, 2.75) is 0 Å². The average Bonchev–Trinajstić information content (AvgIpc) is 3.27. The van der Waals surface area contributed by atoms with E-state index in [1.807, 2.05) is 30.3 Å². The fourth-order valence-corrected chi connectivity index (χ4v) is 3.58. The van der Waals surface area contributed by atoms with Crippen molar-refractivity contribution in [2.75, 3.05) is 36.5 Å². The van der Waals surface area contributed by atoms with Gasteiger partial charge in [0, 0.05) is 36.2 Å². The van der Waals surface area contributed by atoms with Gasteiger partial charge in [0.25, 0.3) is 0 Å². The first-order valence-electron chi connectivity index (χ1n) is 9.95. The predicted octanol–water partition coefficient (Wildman–Crippen LogP) is 3.96. The molecular weight excluding hydrogens is 414 g/mol. The van der Waals surface area contributed by atoms with E-state index in [9.17, 15) is 0 Å². The minimum absolute atomic E-state index is 0.213. The van der Waals surface area contributed by atoms with Gasteiger partial charge in [-0.05, 0) is 54.1 Å². The number of morpholine rings is 1. The molecule has 31 heavy (non-hydrogen) atoms. The van der Waals surface area contributed by atoms with E-state index in [0.717, 1.165) is 48.9 Å². The second-order valence-electron chi connectivity index (χ2n) is 7.05. The highest BCUT2D eigenvalue weighted by molar-refractivity contribution is 6.28. The van der Waals surface area contributed by atoms with E-state index >= 15 is 0 Å². The van der Waals surface area contributed by atoms with E-state index in [-0.39, 0.29) is 5.28 Å². The lowest BCUT2D eigenvalue weighted by Crippen LogP contribution is -2.36. The van der Waals surface area contributed by atoms with E-state index in [4.69, 9.17) is 21.3 Å². The zero-order chi connectivity index (χ0) is 21.0. The Hall–Kier alpha value is -3.49. The van der Waals surface area contributed by atoms with E-state index in [1.165, 1.54) is 5.69 Å². The Morgan fingerprint density at radius 2 is 1.77 bits per heavy atom. The minimum Gasteiger partial charge on any atom is -0.378 e. The van der Waals surface area contributed by atoms with Crippen molar-refractivity contribution in [3.63, 3.8) is 0 Å². The maximum Gasteiger partial charge on any atom is 0.242 e. The third-order valence-electron chi connectivity index (χ3n) is 5.03. The predicted molar refractivity (Wildman–Crippen MR) is 120 cm³/mol. The molecular formula is C22H20ClN7O. The Morgan fingerprint density at radius 1 is 0.935 bits per heavy atom. The van der Waals surface area contributed by atoms with Crippen molar-refractivity contribution in [3.8, 4) is 16.9 Å². The highest BCUT2D eigenvalue weighted by Crippen LogP contribution is 2.25. The van der Waals surface area contributed by atoms with Crippen LogP contribution in [0.5, 0.6) is 0 Å². The lowest BCUT2D eigenvalue weighted by molar-refractivity contribution is 0.122. The van der Waals surface area contributed by atoms with E-state index < -0.39 is 0 Å². The highest BCUT2D eigenvalue weighted by atomic mass is 35.5. The molecule has 2 aromatic heterocycles. The molecule has 0 bridgehead atoms. The van der Waals surface area contributed by atoms with Crippen LogP contribution >= 0.6 is 11.6 Å². The molecule has 156 valence electrons. The molecule has 0 radical (unpaired) electrons. The maximum atomic E-state index is 5.79. The number of hydrogen-bond donors (Lipinski definition) is 1. The van der Waals surface area contributed by atoms with E-state index in [2.05, 4.69) is 49.5 Å². The largest absolute Gasteiger partial charge is 0.378 e. The van der Waals surface area contributed by atoms with E-state index in [1.54, 1.807) is 17.2 Å².